The number of aryl methyl sites for hydroxylation is 4. The molecule has 12 aromatic rings. The number of nitrogens with one attached hydrogen (secondary N) is 1. The summed E-state index contributed by atoms with van der Waals surface area (Å²) in [7, 11) is 0. The molecule has 4 aliphatic rings. The van der Waals surface area contributed by atoms with Gasteiger partial charge in [0.25, 0.3) is 0 Å². The molecule has 3 N–H and O–H groups in total. The van der Waals surface area contributed by atoms with Gasteiger partial charge in [0, 0.05) is 148 Å². The highest BCUT2D eigenvalue weighted by Gasteiger charge is 2.36. The maximum atomic E-state index is 13.2. The first kappa shape index (κ1) is 84.2. The Kier molecular flexibility index (Phi) is 28.5. The molecule has 0 saturated carbocycles. The van der Waals surface area contributed by atoms with E-state index in [0.717, 1.165) is 85.7 Å². The number of likely N-dealkylation sites (tertiary alicyclic amines) is 2. The van der Waals surface area contributed by atoms with Crippen molar-refractivity contribution < 1.29 is 47.6 Å². The van der Waals surface area contributed by atoms with Gasteiger partial charge < -0.3 is 54.2 Å². The van der Waals surface area contributed by atoms with Crippen molar-refractivity contribution in [2.75, 3.05) is 46.4 Å². The molecule has 4 aliphatic heterocycles. The molecule has 16 rings (SSSR count). The number of carbonyl (C=O) groups is 4. The number of nitrogens with two attached hydrogens (primary N) is 1. The van der Waals surface area contributed by atoms with Crippen molar-refractivity contribution in [2.45, 2.75) is 137 Å². The van der Waals surface area contributed by atoms with Crippen molar-refractivity contribution in [3.63, 3.8) is 0 Å². The van der Waals surface area contributed by atoms with Gasteiger partial charge in [-0.25, -0.2) is 64.6 Å². The first-order chi connectivity index (χ1) is 56.7. The van der Waals surface area contributed by atoms with Crippen molar-refractivity contribution in [1.29, 1.82) is 0 Å². The number of benzene rings is 4. The van der Waals surface area contributed by atoms with Gasteiger partial charge in [0.1, 0.15) is 30.9 Å². The van der Waals surface area contributed by atoms with E-state index in [-0.39, 0.29) is 68.3 Å². The predicted molar refractivity (Wildman–Crippen MR) is 439 cm³/mol. The van der Waals surface area contributed by atoms with Gasteiger partial charge in [-0.3, -0.25) is 37.6 Å². The Morgan fingerprint density at radius 2 is 1.04 bits per heavy atom. The fraction of sp³-hybridized carbons (Fsp3) is 0.329. The third-order valence-corrected chi connectivity index (χ3v) is 19.0. The topological polar surface area (TPSA) is 358 Å². The molecule has 2 fully saturated rings. The quantitative estimate of drug-likeness (QED) is 0.0305. The smallest absolute Gasteiger partial charge is 0.410 e. The van der Waals surface area contributed by atoms with E-state index < -0.39 is 11.7 Å². The molecule has 8 aromatic heterocycles. The fourth-order valence-electron chi connectivity index (χ4n) is 13.5. The number of hydrogen-bond donors (Lipinski definition) is 2. The number of halogens is 1. The second kappa shape index (κ2) is 39.9. The third kappa shape index (κ3) is 22.7. The van der Waals surface area contributed by atoms with Crippen LogP contribution in [0.3, 0.4) is 0 Å². The zero-order valence-electron chi connectivity index (χ0n) is 67.0. The van der Waals surface area contributed by atoms with E-state index in [4.69, 9.17) is 49.1 Å². The van der Waals surface area contributed by atoms with Crippen molar-refractivity contribution in [1.82, 2.24) is 98.1 Å². The van der Waals surface area contributed by atoms with E-state index in [1.54, 1.807) is 97.5 Å². The van der Waals surface area contributed by atoms with E-state index in [2.05, 4.69) is 79.4 Å². The van der Waals surface area contributed by atoms with Crippen LogP contribution in [0.5, 0.6) is 23.0 Å². The van der Waals surface area contributed by atoms with Gasteiger partial charge in [-0.05, 0) is 134 Å². The maximum Gasteiger partial charge on any atom is 0.410 e. The summed E-state index contributed by atoms with van der Waals surface area (Å²) in [5, 5.41) is 3.42. The number of hydrogen-bond acceptors (Lipinski definition) is 25. The van der Waals surface area contributed by atoms with Crippen LogP contribution in [0.1, 0.15) is 152 Å². The molecule has 2 saturated heterocycles. The molecule has 0 radical (unpaired) electrons. The minimum atomic E-state index is -0.654. The summed E-state index contributed by atoms with van der Waals surface area (Å²) in [6.45, 7) is 19.2. The average molecular weight is 1620 g/mol. The summed E-state index contributed by atoms with van der Waals surface area (Å²) >= 11 is 0. The van der Waals surface area contributed by atoms with Crippen LogP contribution in [-0.4, -0.2) is 174 Å². The molecule has 0 aliphatic carbocycles. The molecule has 33 heteroatoms. The number of carbonyl (C=O) groups excluding carboxylic acids is 4. The molecule has 4 aromatic carbocycles. The van der Waals surface area contributed by atoms with Crippen LogP contribution < -0.4 is 30.0 Å². The van der Waals surface area contributed by atoms with Crippen LogP contribution in [0.25, 0.3) is 23.8 Å². The highest BCUT2D eigenvalue weighted by atomic mass is 35.5. The van der Waals surface area contributed by atoms with Gasteiger partial charge in [0.05, 0.1) is 53.7 Å². The second-order valence-electron chi connectivity index (χ2n) is 29.0. The Balaban J connectivity index is 0.000000147. The Bertz CT molecular complexity index is 5310. The van der Waals surface area contributed by atoms with Crippen LogP contribution in [0.2, 0.25) is 0 Å². The minimum Gasteiger partial charge on any atom is -0.466 e. The van der Waals surface area contributed by atoms with Gasteiger partial charge >= 0.3 is 12.1 Å². The average Bonchev–Trinajstić information content (AvgIpc) is 1.70. The van der Waals surface area contributed by atoms with Gasteiger partial charge in [-0.2, -0.15) is 0 Å². The SMILES string of the molecule is CCOC(=O)CCC(N)c1cc(C)nc(-n2ccnc2)n1.Cc1cc(C2CCC(=O)N2CCN(Cc2ccc3c(c2)OCO3)C(=O)OC(C)(C)C)nc(-n2ccnc2)n1.Cc1cc(C2CCC(=O)N2CCNCc2ccc3c(c2)OCO3)nc(-n2ccnc2)n1.Cc1cc(CN=C(c2ccccc2)c2ccccc2)nc(-n2ccnc2)n1.Cl. The standard InChI is InChI=1S/C27H32N6O5.C22H24N6O3.C22H19N5.C14H19N5O2.ClH/c1-18-13-20(30-25(29-18)32-10-9-28-16-32)21-6-8-24(34)33(21)12-11-31(26(35)38-27(2,3)4)15-19-5-7-22-23(14-19)37-17-36-22;1-15-10-17(26-22(25-15)27-8-6-24-13-27)18-3-5-21(29)28(18)9-7-23-12-16-2-4-19-20(11-16)31-14-30-19;1-17-14-20(26-22(25-17)27-13-12-23-16-27)15-24-21(18-8-4-2-5-9-18)19-10-6-3-7-11-19;1-3-21-13(20)5-4-11(15)12-8-10(2)17-14(18-12)19-7-6-16-9-19;/h5,7,9-10,13-14,16,21H,6,8,11-12,15,17H2,1-4H3;2,4,6,8,10-11,13,18,23H,3,5,7,9,12,14H2,1H3;2-14,16H,15H2,1H3;6-9,11H,3-5,15H2,1-2H3;1H. The van der Waals surface area contributed by atoms with E-state index >= 15 is 0 Å². The molecular formula is C85H95ClN22O10. The van der Waals surface area contributed by atoms with Gasteiger partial charge in [-0.1, -0.05) is 72.8 Å². The maximum absolute atomic E-state index is 13.2. The Hall–Kier alpha value is -13.2. The van der Waals surface area contributed by atoms with Crippen molar-refractivity contribution in [3.8, 4) is 46.8 Å². The summed E-state index contributed by atoms with van der Waals surface area (Å²) in [5.74, 6) is 5.06. The largest absolute Gasteiger partial charge is 0.466 e. The number of rotatable bonds is 25. The lowest BCUT2D eigenvalue weighted by Crippen LogP contribution is -2.42. The molecule has 612 valence electrons. The lowest BCUT2D eigenvalue weighted by molar-refractivity contribution is -0.143. The van der Waals surface area contributed by atoms with Crippen LogP contribution in [-0.2, 0) is 43.5 Å². The second-order valence-corrected chi connectivity index (χ2v) is 29.0. The summed E-state index contributed by atoms with van der Waals surface area (Å²) in [4.78, 5) is 113. The fourth-order valence-corrected chi connectivity index (χ4v) is 13.5. The van der Waals surface area contributed by atoms with E-state index in [1.165, 1.54) is 0 Å². The van der Waals surface area contributed by atoms with E-state index in [9.17, 15) is 19.2 Å². The van der Waals surface area contributed by atoms with Crippen LogP contribution in [0, 0.1) is 27.7 Å². The highest BCUT2D eigenvalue weighted by Crippen LogP contribution is 2.37. The number of ether oxygens (including phenoxy) is 6. The minimum absolute atomic E-state index is 0. The highest BCUT2D eigenvalue weighted by molar-refractivity contribution is 6.12. The van der Waals surface area contributed by atoms with Crippen molar-refractivity contribution >= 4 is 42.0 Å². The lowest BCUT2D eigenvalue weighted by Gasteiger charge is -2.31. The number of amides is 3. The molecule has 118 heavy (non-hydrogen) atoms. The van der Waals surface area contributed by atoms with Gasteiger partial charge in [0.15, 0.2) is 23.0 Å². The van der Waals surface area contributed by atoms with Gasteiger partial charge in [-0.15, -0.1) is 12.4 Å². The van der Waals surface area contributed by atoms with Crippen LogP contribution >= 0.6 is 12.4 Å². The Labute approximate surface area is 689 Å². The predicted octanol–water partition coefficient (Wildman–Crippen LogP) is 11.7. The Morgan fingerprint density at radius 1 is 0.576 bits per heavy atom. The van der Waals surface area contributed by atoms with E-state index in [1.807, 2.05) is 163 Å². The molecular weight excluding hydrogens is 1520 g/mol. The number of esters is 1. The number of fused-ring (bicyclic) bond motifs is 2. The normalized spacial score (nSPS) is 14.6. The summed E-state index contributed by atoms with van der Waals surface area (Å²) in [6.07, 6.45) is 23.3. The summed E-state index contributed by atoms with van der Waals surface area (Å²) in [5.41, 5.74) is 17.2. The monoisotopic (exact) mass is 1620 g/mol. The first-order valence-corrected chi connectivity index (χ1v) is 38.7. The zero-order valence-corrected chi connectivity index (χ0v) is 67.8. The molecule has 0 bridgehead atoms. The van der Waals surface area contributed by atoms with Gasteiger partial charge in [0.2, 0.25) is 49.2 Å². The van der Waals surface area contributed by atoms with E-state index in [0.29, 0.717) is 119 Å². The Morgan fingerprint density at radius 3 is 1.54 bits per heavy atom. The van der Waals surface area contributed by atoms with Crippen LogP contribution in [0.4, 0.5) is 4.79 Å². The lowest BCUT2D eigenvalue weighted by atomic mass is 10.0. The number of aliphatic imine (C=N–C) groups is 1. The molecule has 3 amide bonds. The molecule has 3 unspecified atom stereocenters. The number of nitrogens with zero attached hydrogens (tertiary/aromatic N) is 20. The third-order valence-electron chi connectivity index (χ3n) is 19.0. The van der Waals surface area contributed by atoms with Crippen molar-refractivity contribution in [3.05, 3.63) is 264 Å². The number of imidazole rings is 4. The first-order valence-electron chi connectivity index (χ1n) is 38.7. The molecule has 32 nitrogen and oxygen atoms in total. The summed E-state index contributed by atoms with van der Waals surface area (Å²) in [6, 6.07) is 39.1. The molecule has 0 spiro atoms. The summed E-state index contributed by atoms with van der Waals surface area (Å²) < 4.78 is 39.3. The number of aromatic nitrogens is 16. The van der Waals surface area contributed by atoms with Crippen molar-refractivity contribution in [2.24, 2.45) is 10.7 Å². The molecule has 12 heterocycles. The van der Waals surface area contributed by atoms with Crippen LogP contribution in [0.15, 0.2) is 201 Å². The molecule has 3 atom stereocenters. The zero-order chi connectivity index (χ0) is 81.8.